The van der Waals surface area contributed by atoms with Crippen LogP contribution < -0.4 is 23.7 Å². The minimum Gasteiger partial charge on any atom is -0.497 e. The van der Waals surface area contributed by atoms with Crippen molar-refractivity contribution in [1.82, 2.24) is 0 Å². The minimum absolute atomic E-state index is 0.0350. The normalized spacial score (nSPS) is 23.0. The standard InChI is InChI=1S/C17H14O5/c1-18-9-2-3-10-13(4-9)19-7-12-11-5-15-16(21-8-20-15)6-14(11)22-17(10)12/h2-6,12,17H,7-8H2,1H3/t12-,17-/m1/s1. The van der Waals surface area contributed by atoms with E-state index in [2.05, 4.69) is 0 Å². The van der Waals surface area contributed by atoms with Gasteiger partial charge >= 0.3 is 0 Å². The van der Waals surface area contributed by atoms with Crippen molar-refractivity contribution < 1.29 is 23.7 Å². The quantitative estimate of drug-likeness (QED) is 0.810. The van der Waals surface area contributed by atoms with Crippen LogP contribution in [-0.4, -0.2) is 20.5 Å². The number of methoxy groups -OCH3 is 1. The summed E-state index contributed by atoms with van der Waals surface area (Å²) in [5, 5.41) is 0. The Kier molecular flexibility index (Phi) is 2.31. The van der Waals surface area contributed by atoms with Crippen LogP contribution >= 0.6 is 0 Å². The summed E-state index contributed by atoms with van der Waals surface area (Å²) in [6, 6.07) is 9.78. The summed E-state index contributed by atoms with van der Waals surface area (Å²) in [4.78, 5) is 0. The first kappa shape index (κ1) is 12.0. The third-order valence-electron chi connectivity index (χ3n) is 4.47. The Morgan fingerprint density at radius 1 is 0.909 bits per heavy atom. The van der Waals surface area contributed by atoms with E-state index >= 15 is 0 Å². The van der Waals surface area contributed by atoms with E-state index in [1.54, 1.807) is 7.11 Å². The van der Waals surface area contributed by atoms with Crippen molar-refractivity contribution >= 4 is 0 Å². The Balaban J connectivity index is 1.58. The van der Waals surface area contributed by atoms with Gasteiger partial charge < -0.3 is 23.7 Å². The average Bonchev–Trinajstić information content (AvgIpc) is 3.15. The van der Waals surface area contributed by atoms with Gasteiger partial charge in [0, 0.05) is 23.3 Å². The van der Waals surface area contributed by atoms with Crippen molar-refractivity contribution in [1.29, 1.82) is 0 Å². The van der Waals surface area contributed by atoms with E-state index < -0.39 is 0 Å². The molecule has 0 N–H and O–H groups in total. The second kappa shape index (κ2) is 4.22. The highest BCUT2D eigenvalue weighted by Crippen LogP contribution is 2.54. The van der Waals surface area contributed by atoms with Crippen molar-refractivity contribution in [3.05, 3.63) is 41.5 Å². The maximum Gasteiger partial charge on any atom is 0.231 e. The molecule has 0 aromatic heterocycles. The van der Waals surface area contributed by atoms with Crippen LogP contribution in [0, 0.1) is 0 Å². The molecule has 0 radical (unpaired) electrons. The maximum atomic E-state index is 6.18. The Labute approximate surface area is 127 Å². The minimum atomic E-state index is -0.0350. The molecule has 2 aromatic carbocycles. The fourth-order valence-electron chi connectivity index (χ4n) is 3.35. The highest BCUT2D eigenvalue weighted by Gasteiger charge is 2.42. The van der Waals surface area contributed by atoms with E-state index in [1.165, 1.54) is 0 Å². The number of ether oxygens (including phenoxy) is 5. The van der Waals surface area contributed by atoms with Gasteiger partial charge in [0.1, 0.15) is 23.4 Å². The molecule has 3 heterocycles. The predicted octanol–water partition coefficient (Wildman–Crippen LogP) is 3.03. The molecule has 5 nitrogen and oxygen atoms in total. The summed E-state index contributed by atoms with van der Waals surface area (Å²) >= 11 is 0. The Morgan fingerprint density at radius 2 is 1.77 bits per heavy atom. The van der Waals surface area contributed by atoms with E-state index in [4.69, 9.17) is 23.7 Å². The molecule has 2 atom stereocenters. The van der Waals surface area contributed by atoms with Crippen LogP contribution in [0.4, 0.5) is 0 Å². The highest BCUT2D eigenvalue weighted by atomic mass is 16.7. The van der Waals surface area contributed by atoms with Crippen LogP contribution in [0.15, 0.2) is 30.3 Å². The molecule has 0 spiro atoms. The lowest BCUT2D eigenvalue weighted by Gasteiger charge is -2.28. The first-order valence-electron chi connectivity index (χ1n) is 7.24. The lowest BCUT2D eigenvalue weighted by Crippen LogP contribution is -2.23. The Hall–Kier alpha value is -2.56. The molecular weight excluding hydrogens is 284 g/mol. The Morgan fingerprint density at radius 3 is 2.64 bits per heavy atom. The molecule has 112 valence electrons. The summed E-state index contributed by atoms with van der Waals surface area (Å²) in [5.74, 6) is 4.16. The SMILES string of the molecule is COc1ccc2c(c1)OC[C@@H]1c3cc4c(cc3O[C@H]21)OCO4. The summed E-state index contributed by atoms with van der Waals surface area (Å²) in [6.45, 7) is 0.850. The van der Waals surface area contributed by atoms with Gasteiger partial charge in [-0.1, -0.05) is 0 Å². The van der Waals surface area contributed by atoms with Gasteiger partial charge in [-0.05, 0) is 18.2 Å². The van der Waals surface area contributed by atoms with E-state index in [-0.39, 0.29) is 18.8 Å². The molecular formula is C17H14O5. The van der Waals surface area contributed by atoms with Crippen LogP contribution in [0.5, 0.6) is 28.7 Å². The van der Waals surface area contributed by atoms with Crippen LogP contribution in [0.2, 0.25) is 0 Å². The number of hydrogen-bond donors (Lipinski definition) is 0. The molecule has 5 rings (SSSR count). The van der Waals surface area contributed by atoms with Gasteiger partial charge in [-0.3, -0.25) is 0 Å². The van der Waals surface area contributed by atoms with Crippen molar-refractivity contribution in [3.63, 3.8) is 0 Å². The van der Waals surface area contributed by atoms with Crippen molar-refractivity contribution in [2.75, 3.05) is 20.5 Å². The molecule has 0 unspecified atom stereocenters. The molecule has 0 fully saturated rings. The maximum absolute atomic E-state index is 6.18. The molecule has 22 heavy (non-hydrogen) atoms. The number of hydrogen-bond acceptors (Lipinski definition) is 5. The second-order valence-electron chi connectivity index (χ2n) is 5.60. The van der Waals surface area contributed by atoms with E-state index in [0.717, 1.165) is 39.9 Å². The smallest absolute Gasteiger partial charge is 0.231 e. The first-order chi connectivity index (χ1) is 10.8. The number of benzene rings is 2. The number of fused-ring (bicyclic) bond motifs is 6. The lowest BCUT2D eigenvalue weighted by molar-refractivity contribution is 0.138. The summed E-state index contributed by atoms with van der Waals surface area (Å²) in [5.41, 5.74) is 2.17. The molecule has 0 saturated carbocycles. The van der Waals surface area contributed by atoms with Gasteiger partial charge in [0.15, 0.2) is 11.5 Å². The summed E-state index contributed by atoms with van der Waals surface area (Å²) in [6.07, 6.45) is -0.0350. The lowest BCUT2D eigenvalue weighted by atomic mass is 9.89. The monoisotopic (exact) mass is 298 g/mol. The van der Waals surface area contributed by atoms with Gasteiger partial charge in [-0.25, -0.2) is 0 Å². The second-order valence-corrected chi connectivity index (χ2v) is 5.60. The fraction of sp³-hybridized carbons (Fsp3) is 0.294. The fourth-order valence-corrected chi connectivity index (χ4v) is 3.35. The first-order valence-corrected chi connectivity index (χ1v) is 7.24. The van der Waals surface area contributed by atoms with Crippen LogP contribution in [0.3, 0.4) is 0 Å². The number of rotatable bonds is 1. The molecule has 3 aliphatic heterocycles. The molecule has 0 saturated heterocycles. The zero-order valence-corrected chi connectivity index (χ0v) is 12.0. The van der Waals surface area contributed by atoms with Crippen LogP contribution in [-0.2, 0) is 0 Å². The third kappa shape index (κ3) is 1.53. The Bertz CT molecular complexity index is 770. The van der Waals surface area contributed by atoms with Crippen molar-refractivity contribution in [3.8, 4) is 28.7 Å². The highest BCUT2D eigenvalue weighted by molar-refractivity contribution is 5.57. The molecule has 0 amide bonds. The van der Waals surface area contributed by atoms with Crippen LogP contribution in [0.25, 0.3) is 0 Å². The van der Waals surface area contributed by atoms with E-state index in [9.17, 15) is 0 Å². The van der Waals surface area contributed by atoms with E-state index in [0.29, 0.717) is 6.61 Å². The van der Waals surface area contributed by atoms with Crippen LogP contribution in [0.1, 0.15) is 23.1 Å². The average molecular weight is 298 g/mol. The molecule has 0 bridgehead atoms. The topological polar surface area (TPSA) is 46.2 Å². The molecule has 3 aliphatic rings. The predicted molar refractivity (Wildman–Crippen MR) is 77.2 cm³/mol. The van der Waals surface area contributed by atoms with Crippen molar-refractivity contribution in [2.24, 2.45) is 0 Å². The molecule has 0 aliphatic carbocycles. The van der Waals surface area contributed by atoms with Crippen molar-refractivity contribution in [2.45, 2.75) is 12.0 Å². The van der Waals surface area contributed by atoms with Gasteiger partial charge in [-0.2, -0.15) is 0 Å². The van der Waals surface area contributed by atoms with Gasteiger partial charge in [0.05, 0.1) is 19.6 Å². The zero-order chi connectivity index (χ0) is 14.7. The largest absolute Gasteiger partial charge is 0.497 e. The van der Waals surface area contributed by atoms with E-state index in [1.807, 2.05) is 30.3 Å². The summed E-state index contributed by atoms with van der Waals surface area (Å²) in [7, 11) is 1.65. The molecule has 2 aromatic rings. The molecule has 5 heteroatoms. The third-order valence-corrected chi connectivity index (χ3v) is 4.47. The zero-order valence-electron chi connectivity index (χ0n) is 12.0. The van der Waals surface area contributed by atoms with Gasteiger partial charge in [-0.15, -0.1) is 0 Å². The van der Waals surface area contributed by atoms with Gasteiger partial charge in [0.2, 0.25) is 6.79 Å². The van der Waals surface area contributed by atoms with Gasteiger partial charge in [0.25, 0.3) is 0 Å². The summed E-state index contributed by atoms with van der Waals surface area (Å²) < 4.78 is 28.3.